The number of aromatic nitrogens is 1. The van der Waals surface area contributed by atoms with Crippen LogP contribution in [0, 0.1) is 0 Å². The summed E-state index contributed by atoms with van der Waals surface area (Å²) in [6, 6.07) is 6.94. The molecule has 0 saturated carbocycles. The highest BCUT2D eigenvalue weighted by atomic mass is 16.3. The highest BCUT2D eigenvalue weighted by Crippen LogP contribution is 2.21. The molecule has 0 bridgehead atoms. The van der Waals surface area contributed by atoms with Crippen LogP contribution in [0.25, 0.3) is 10.9 Å². The molecule has 0 amide bonds. The van der Waals surface area contributed by atoms with Gasteiger partial charge >= 0.3 is 0 Å². The van der Waals surface area contributed by atoms with Gasteiger partial charge in [0.05, 0.1) is 11.1 Å². The second-order valence-electron chi connectivity index (χ2n) is 3.26. The minimum atomic E-state index is -0.559. The lowest BCUT2D eigenvalue weighted by Gasteiger charge is -2.07. The van der Waals surface area contributed by atoms with Crippen LogP contribution in [-0.4, -0.2) is 16.0 Å². The van der Waals surface area contributed by atoms with E-state index < -0.39 is 11.3 Å². The minimum absolute atomic E-state index is 0.0497. The van der Waals surface area contributed by atoms with Gasteiger partial charge in [-0.3, -0.25) is 9.59 Å². The van der Waals surface area contributed by atoms with Crippen molar-refractivity contribution in [2.45, 2.75) is 0 Å². The average Bonchev–Trinajstić information content (AvgIpc) is 2.27. The normalized spacial score (nSPS) is 10.5. The summed E-state index contributed by atoms with van der Waals surface area (Å²) in [5.41, 5.74) is 0.118. The third-order valence-corrected chi connectivity index (χ3v) is 2.44. The van der Waals surface area contributed by atoms with E-state index >= 15 is 0 Å². The Kier molecular flexibility index (Phi) is 2.04. The lowest BCUT2D eigenvalue weighted by Crippen LogP contribution is -2.18. The number of benzene rings is 1. The van der Waals surface area contributed by atoms with Crippen molar-refractivity contribution in [2.75, 3.05) is 0 Å². The summed E-state index contributed by atoms with van der Waals surface area (Å²) in [7, 11) is 1.55. The first-order chi connectivity index (χ1) is 7.16. The quantitative estimate of drug-likeness (QED) is 0.705. The predicted octanol–water partition coefficient (Wildman–Crippen LogP) is 1.06. The van der Waals surface area contributed by atoms with E-state index in [4.69, 9.17) is 0 Å². The highest BCUT2D eigenvalue weighted by molar-refractivity contribution is 5.98. The van der Waals surface area contributed by atoms with Crippen LogP contribution in [0.3, 0.4) is 0 Å². The molecule has 2 rings (SSSR count). The third kappa shape index (κ3) is 1.22. The fourth-order valence-electron chi connectivity index (χ4n) is 1.62. The first-order valence-corrected chi connectivity index (χ1v) is 4.42. The van der Waals surface area contributed by atoms with Crippen LogP contribution in [0.1, 0.15) is 10.4 Å². The van der Waals surface area contributed by atoms with Gasteiger partial charge in [-0.05, 0) is 6.07 Å². The second kappa shape index (κ2) is 3.24. The number of pyridine rings is 1. The molecule has 1 aromatic heterocycles. The Bertz CT molecular complexity index is 599. The minimum Gasteiger partial charge on any atom is -0.503 e. The Morgan fingerprint density at radius 1 is 1.33 bits per heavy atom. The maximum absolute atomic E-state index is 11.5. The van der Waals surface area contributed by atoms with E-state index in [1.165, 1.54) is 4.57 Å². The fourth-order valence-corrected chi connectivity index (χ4v) is 1.62. The van der Waals surface area contributed by atoms with Crippen molar-refractivity contribution in [3.8, 4) is 5.75 Å². The summed E-state index contributed by atoms with van der Waals surface area (Å²) in [5.74, 6) is -0.494. The topological polar surface area (TPSA) is 59.3 Å². The van der Waals surface area contributed by atoms with Crippen molar-refractivity contribution in [2.24, 2.45) is 7.05 Å². The number of nitrogens with zero attached hydrogens (tertiary/aromatic N) is 1. The Morgan fingerprint density at radius 3 is 2.67 bits per heavy atom. The number of para-hydroxylation sites is 1. The molecular weight excluding hydrogens is 194 g/mol. The summed E-state index contributed by atoms with van der Waals surface area (Å²) in [4.78, 5) is 22.3. The highest BCUT2D eigenvalue weighted by Gasteiger charge is 2.12. The van der Waals surface area contributed by atoms with Crippen LogP contribution in [-0.2, 0) is 7.05 Å². The summed E-state index contributed by atoms with van der Waals surface area (Å²) in [6.45, 7) is 0. The standard InChI is InChI=1S/C11H9NO3/c1-12-9-5-3-2-4-7(9)8(6-13)10(14)11(12)15/h2-6,14H,1H3. The van der Waals surface area contributed by atoms with Crippen LogP contribution in [0.15, 0.2) is 29.1 Å². The van der Waals surface area contributed by atoms with Crippen molar-refractivity contribution in [3.63, 3.8) is 0 Å². The van der Waals surface area contributed by atoms with E-state index in [2.05, 4.69) is 0 Å². The van der Waals surface area contributed by atoms with Crippen molar-refractivity contribution < 1.29 is 9.90 Å². The first-order valence-electron chi connectivity index (χ1n) is 4.42. The molecule has 0 aliphatic rings. The fraction of sp³-hybridized carbons (Fsp3) is 0.0909. The summed E-state index contributed by atoms with van der Waals surface area (Å²) in [6.07, 6.45) is 0.499. The lowest BCUT2D eigenvalue weighted by atomic mass is 10.1. The molecule has 0 radical (unpaired) electrons. The van der Waals surface area contributed by atoms with Crippen molar-refractivity contribution in [1.82, 2.24) is 4.57 Å². The van der Waals surface area contributed by atoms with Crippen LogP contribution in [0.4, 0.5) is 0 Å². The van der Waals surface area contributed by atoms with Crippen molar-refractivity contribution >= 4 is 17.2 Å². The van der Waals surface area contributed by atoms with Gasteiger partial charge in [0.2, 0.25) is 0 Å². The number of fused-ring (bicyclic) bond motifs is 1. The van der Waals surface area contributed by atoms with Gasteiger partial charge in [0, 0.05) is 12.4 Å². The third-order valence-electron chi connectivity index (χ3n) is 2.44. The van der Waals surface area contributed by atoms with E-state index in [0.29, 0.717) is 17.2 Å². The van der Waals surface area contributed by atoms with E-state index in [9.17, 15) is 14.7 Å². The van der Waals surface area contributed by atoms with Gasteiger partial charge in [-0.15, -0.1) is 0 Å². The monoisotopic (exact) mass is 203 g/mol. The number of hydrogen-bond acceptors (Lipinski definition) is 3. The molecule has 0 atom stereocenters. The molecule has 1 N–H and O–H groups in total. The van der Waals surface area contributed by atoms with Crippen LogP contribution < -0.4 is 5.56 Å². The first kappa shape index (κ1) is 9.45. The van der Waals surface area contributed by atoms with E-state index in [1.54, 1.807) is 31.3 Å². The SMILES string of the molecule is Cn1c(=O)c(O)c(C=O)c2ccccc21. The average molecular weight is 203 g/mol. The maximum Gasteiger partial charge on any atom is 0.293 e. The van der Waals surface area contributed by atoms with Gasteiger partial charge < -0.3 is 9.67 Å². The zero-order chi connectivity index (χ0) is 11.0. The molecule has 0 aliphatic heterocycles. The maximum atomic E-state index is 11.5. The Labute approximate surface area is 85.4 Å². The van der Waals surface area contributed by atoms with Gasteiger partial charge in [-0.1, -0.05) is 18.2 Å². The zero-order valence-electron chi connectivity index (χ0n) is 8.10. The number of aryl methyl sites for hydroxylation is 1. The molecule has 1 aromatic carbocycles. The molecule has 0 aliphatic carbocycles. The van der Waals surface area contributed by atoms with Gasteiger partial charge in [0.15, 0.2) is 12.0 Å². The van der Waals surface area contributed by atoms with Gasteiger partial charge in [0.1, 0.15) is 0 Å². The Morgan fingerprint density at radius 2 is 2.00 bits per heavy atom. The van der Waals surface area contributed by atoms with Crippen LogP contribution in [0.5, 0.6) is 5.75 Å². The number of aldehydes is 1. The Balaban J connectivity index is 3.11. The van der Waals surface area contributed by atoms with E-state index in [0.717, 1.165) is 0 Å². The molecule has 0 saturated heterocycles. The molecule has 15 heavy (non-hydrogen) atoms. The molecule has 0 fully saturated rings. The van der Waals surface area contributed by atoms with Gasteiger partial charge in [-0.25, -0.2) is 0 Å². The van der Waals surface area contributed by atoms with Crippen molar-refractivity contribution in [3.05, 3.63) is 40.2 Å². The number of hydrogen-bond donors (Lipinski definition) is 1. The Hall–Kier alpha value is -2.10. The molecule has 0 unspecified atom stereocenters. The van der Waals surface area contributed by atoms with Gasteiger partial charge in [0.25, 0.3) is 5.56 Å². The molecular formula is C11H9NO3. The van der Waals surface area contributed by atoms with Gasteiger partial charge in [-0.2, -0.15) is 0 Å². The number of carbonyl (C=O) groups is 1. The number of rotatable bonds is 1. The van der Waals surface area contributed by atoms with Crippen LogP contribution >= 0.6 is 0 Å². The summed E-state index contributed by atoms with van der Waals surface area (Å²) >= 11 is 0. The second-order valence-corrected chi connectivity index (χ2v) is 3.26. The predicted molar refractivity (Wildman–Crippen MR) is 56.2 cm³/mol. The van der Waals surface area contributed by atoms with E-state index in [1.807, 2.05) is 0 Å². The van der Waals surface area contributed by atoms with E-state index in [-0.39, 0.29) is 5.56 Å². The smallest absolute Gasteiger partial charge is 0.293 e. The summed E-state index contributed by atoms with van der Waals surface area (Å²) in [5, 5.41) is 10.1. The lowest BCUT2D eigenvalue weighted by molar-refractivity contribution is 0.112. The largest absolute Gasteiger partial charge is 0.503 e. The zero-order valence-corrected chi connectivity index (χ0v) is 8.10. The molecule has 4 heteroatoms. The molecule has 1 heterocycles. The summed E-state index contributed by atoms with van der Waals surface area (Å²) < 4.78 is 1.32. The molecule has 0 spiro atoms. The van der Waals surface area contributed by atoms with Crippen LogP contribution in [0.2, 0.25) is 0 Å². The number of carbonyl (C=O) groups excluding carboxylic acids is 1. The van der Waals surface area contributed by atoms with Crippen molar-refractivity contribution in [1.29, 1.82) is 0 Å². The molecule has 4 nitrogen and oxygen atoms in total. The number of aromatic hydroxyl groups is 1. The molecule has 76 valence electrons. The molecule has 2 aromatic rings.